The predicted octanol–water partition coefficient (Wildman–Crippen LogP) is 4.07. The van der Waals surface area contributed by atoms with Gasteiger partial charge in [-0.25, -0.2) is 0 Å². The minimum atomic E-state index is -0.240. The molecule has 0 atom stereocenters. The molecule has 0 saturated carbocycles. The van der Waals surface area contributed by atoms with E-state index in [-0.39, 0.29) is 12.4 Å². The monoisotopic (exact) mass is 314 g/mol. The molecule has 0 aliphatic heterocycles. The first-order valence-electron chi connectivity index (χ1n) is 7.58. The molecule has 4 heteroatoms. The molecule has 122 valence electrons. The summed E-state index contributed by atoms with van der Waals surface area (Å²) in [6.45, 7) is 4.05. The highest BCUT2D eigenvalue weighted by Gasteiger charge is 2.12. The first-order valence-corrected chi connectivity index (χ1v) is 7.58. The van der Waals surface area contributed by atoms with E-state index in [2.05, 4.69) is 6.92 Å². The lowest BCUT2D eigenvalue weighted by Crippen LogP contribution is -2.06. The van der Waals surface area contributed by atoms with Gasteiger partial charge in [-0.05, 0) is 54.3 Å². The van der Waals surface area contributed by atoms with Crippen molar-refractivity contribution < 1.29 is 19.0 Å². The highest BCUT2D eigenvalue weighted by Crippen LogP contribution is 2.31. The number of hydrogen-bond acceptors (Lipinski definition) is 4. The number of rotatable bonds is 6. The molecule has 0 saturated heterocycles. The van der Waals surface area contributed by atoms with Crippen LogP contribution in [0.15, 0.2) is 36.4 Å². The fraction of sp³-hybridized carbons (Fsp3) is 0.316. The van der Waals surface area contributed by atoms with E-state index in [0.29, 0.717) is 0 Å². The molecule has 2 rings (SSSR count). The van der Waals surface area contributed by atoms with Crippen molar-refractivity contribution in [2.75, 3.05) is 14.2 Å². The van der Waals surface area contributed by atoms with E-state index in [1.807, 2.05) is 43.3 Å². The molecule has 23 heavy (non-hydrogen) atoms. The average Bonchev–Trinajstić information content (AvgIpc) is 2.57. The molecule has 0 N–H and O–H groups in total. The Hall–Kier alpha value is -2.49. The van der Waals surface area contributed by atoms with Gasteiger partial charge < -0.3 is 14.2 Å². The molecule has 2 aromatic rings. The first kappa shape index (κ1) is 16.9. The summed E-state index contributed by atoms with van der Waals surface area (Å²) < 4.78 is 15.9. The summed E-state index contributed by atoms with van der Waals surface area (Å²) in [6, 6.07) is 11.4. The molecule has 0 bridgehead atoms. The van der Waals surface area contributed by atoms with E-state index in [9.17, 15) is 4.79 Å². The third-order valence-corrected chi connectivity index (χ3v) is 3.65. The second kappa shape index (κ2) is 7.68. The van der Waals surface area contributed by atoms with Crippen LogP contribution in [0.1, 0.15) is 23.6 Å². The van der Waals surface area contributed by atoms with Gasteiger partial charge in [0.25, 0.3) is 0 Å². The van der Waals surface area contributed by atoms with Gasteiger partial charge in [0, 0.05) is 0 Å². The van der Waals surface area contributed by atoms with E-state index < -0.39 is 0 Å². The minimum absolute atomic E-state index is 0.240. The molecule has 0 heterocycles. The van der Waals surface area contributed by atoms with Crippen molar-refractivity contribution in [3.8, 4) is 17.2 Å². The van der Waals surface area contributed by atoms with Crippen LogP contribution < -0.4 is 9.47 Å². The standard InChI is InChI=1S/C19H22O4/c1-5-15-11-14(12-18(20)22-4)10-13(2)19(15)23-17-8-6-16(21-3)7-9-17/h6-11H,5,12H2,1-4H3. The van der Waals surface area contributed by atoms with Crippen LogP contribution in [-0.2, 0) is 22.4 Å². The Bertz CT molecular complexity index is 675. The Morgan fingerprint density at radius 2 is 1.70 bits per heavy atom. The van der Waals surface area contributed by atoms with Crippen molar-refractivity contribution in [1.82, 2.24) is 0 Å². The van der Waals surface area contributed by atoms with Crippen molar-refractivity contribution in [2.24, 2.45) is 0 Å². The molecule has 0 unspecified atom stereocenters. The zero-order valence-electron chi connectivity index (χ0n) is 14.0. The topological polar surface area (TPSA) is 44.8 Å². The van der Waals surface area contributed by atoms with Gasteiger partial charge in [0.05, 0.1) is 20.6 Å². The fourth-order valence-electron chi connectivity index (χ4n) is 2.44. The Labute approximate surface area is 137 Å². The van der Waals surface area contributed by atoms with Crippen LogP contribution in [0.25, 0.3) is 0 Å². The maximum atomic E-state index is 11.5. The summed E-state index contributed by atoms with van der Waals surface area (Å²) in [5.74, 6) is 2.14. The molecule has 0 amide bonds. The number of methoxy groups -OCH3 is 2. The fourth-order valence-corrected chi connectivity index (χ4v) is 2.44. The smallest absolute Gasteiger partial charge is 0.309 e. The van der Waals surface area contributed by atoms with E-state index in [0.717, 1.165) is 40.4 Å². The maximum Gasteiger partial charge on any atom is 0.309 e. The number of ether oxygens (including phenoxy) is 3. The molecule has 2 aromatic carbocycles. The SMILES string of the molecule is CCc1cc(CC(=O)OC)cc(C)c1Oc1ccc(OC)cc1. The summed E-state index contributed by atoms with van der Waals surface area (Å²) in [6.07, 6.45) is 1.09. The molecule has 0 radical (unpaired) electrons. The summed E-state index contributed by atoms with van der Waals surface area (Å²) in [5, 5.41) is 0. The number of benzene rings is 2. The summed E-state index contributed by atoms with van der Waals surface area (Å²) in [5.41, 5.74) is 3.01. The largest absolute Gasteiger partial charge is 0.497 e. The van der Waals surface area contributed by atoms with E-state index in [4.69, 9.17) is 14.2 Å². The van der Waals surface area contributed by atoms with Crippen LogP contribution >= 0.6 is 0 Å². The van der Waals surface area contributed by atoms with Gasteiger partial charge in [0.15, 0.2) is 0 Å². The summed E-state index contributed by atoms with van der Waals surface area (Å²) in [4.78, 5) is 11.5. The lowest BCUT2D eigenvalue weighted by molar-refractivity contribution is -0.139. The van der Waals surface area contributed by atoms with E-state index in [1.165, 1.54) is 7.11 Å². The van der Waals surface area contributed by atoms with Gasteiger partial charge in [-0.3, -0.25) is 4.79 Å². The number of carbonyl (C=O) groups excluding carboxylic acids is 1. The highest BCUT2D eigenvalue weighted by molar-refractivity contribution is 5.72. The number of esters is 1. The second-order valence-corrected chi connectivity index (χ2v) is 5.29. The third kappa shape index (κ3) is 4.25. The molecule has 0 aliphatic rings. The van der Waals surface area contributed by atoms with Crippen LogP contribution in [-0.4, -0.2) is 20.2 Å². The Morgan fingerprint density at radius 1 is 1.04 bits per heavy atom. The average molecular weight is 314 g/mol. The molecular formula is C19H22O4. The number of carbonyl (C=O) groups is 1. The van der Waals surface area contributed by atoms with Gasteiger partial charge in [0.2, 0.25) is 0 Å². The molecule has 4 nitrogen and oxygen atoms in total. The highest BCUT2D eigenvalue weighted by atomic mass is 16.5. The van der Waals surface area contributed by atoms with Gasteiger partial charge in [-0.1, -0.05) is 19.1 Å². The van der Waals surface area contributed by atoms with Crippen LogP contribution in [0.5, 0.6) is 17.2 Å². The Kier molecular flexibility index (Phi) is 5.63. The van der Waals surface area contributed by atoms with Crippen LogP contribution in [0.3, 0.4) is 0 Å². The Balaban J connectivity index is 2.28. The van der Waals surface area contributed by atoms with E-state index in [1.54, 1.807) is 7.11 Å². The normalized spacial score (nSPS) is 10.3. The zero-order chi connectivity index (χ0) is 16.8. The molecular weight excluding hydrogens is 292 g/mol. The van der Waals surface area contributed by atoms with Gasteiger partial charge in [-0.15, -0.1) is 0 Å². The minimum Gasteiger partial charge on any atom is -0.497 e. The van der Waals surface area contributed by atoms with Crippen molar-refractivity contribution in [3.05, 3.63) is 53.1 Å². The lowest BCUT2D eigenvalue weighted by Gasteiger charge is -2.15. The summed E-state index contributed by atoms with van der Waals surface area (Å²) >= 11 is 0. The van der Waals surface area contributed by atoms with Crippen molar-refractivity contribution >= 4 is 5.97 Å². The molecule has 0 fully saturated rings. The summed E-state index contributed by atoms with van der Waals surface area (Å²) in [7, 11) is 3.03. The van der Waals surface area contributed by atoms with Crippen molar-refractivity contribution in [3.63, 3.8) is 0 Å². The van der Waals surface area contributed by atoms with Crippen LogP contribution in [0.4, 0.5) is 0 Å². The van der Waals surface area contributed by atoms with Gasteiger partial charge >= 0.3 is 5.97 Å². The predicted molar refractivity (Wildman–Crippen MR) is 89.3 cm³/mol. The lowest BCUT2D eigenvalue weighted by atomic mass is 10.0. The zero-order valence-corrected chi connectivity index (χ0v) is 14.0. The maximum absolute atomic E-state index is 11.5. The van der Waals surface area contributed by atoms with Gasteiger partial charge in [0.1, 0.15) is 17.2 Å². The van der Waals surface area contributed by atoms with E-state index >= 15 is 0 Å². The van der Waals surface area contributed by atoms with Crippen molar-refractivity contribution in [1.29, 1.82) is 0 Å². The van der Waals surface area contributed by atoms with Crippen LogP contribution in [0, 0.1) is 6.92 Å². The Morgan fingerprint density at radius 3 is 2.26 bits per heavy atom. The molecule has 0 aromatic heterocycles. The first-order chi connectivity index (χ1) is 11.1. The van der Waals surface area contributed by atoms with Crippen molar-refractivity contribution in [2.45, 2.75) is 26.7 Å². The van der Waals surface area contributed by atoms with Gasteiger partial charge in [-0.2, -0.15) is 0 Å². The number of aryl methyl sites for hydroxylation is 2. The number of hydrogen-bond donors (Lipinski definition) is 0. The third-order valence-electron chi connectivity index (χ3n) is 3.65. The molecule has 0 spiro atoms. The molecule has 0 aliphatic carbocycles. The second-order valence-electron chi connectivity index (χ2n) is 5.29. The van der Waals surface area contributed by atoms with Crippen LogP contribution in [0.2, 0.25) is 0 Å². The quantitative estimate of drug-likeness (QED) is 0.754.